The lowest BCUT2D eigenvalue weighted by Gasteiger charge is -2.10. The molecule has 0 radical (unpaired) electrons. The van der Waals surface area contributed by atoms with Gasteiger partial charge >= 0.3 is 5.82 Å². The van der Waals surface area contributed by atoms with Crippen molar-refractivity contribution in [2.45, 2.75) is 13.0 Å². The van der Waals surface area contributed by atoms with Crippen molar-refractivity contribution in [1.29, 1.82) is 0 Å². The molecule has 2 aromatic rings. The monoisotopic (exact) mass is 238 g/mol. The molecule has 2 aromatic heterocycles. The van der Waals surface area contributed by atoms with Gasteiger partial charge in [-0.3, -0.25) is 0 Å². The number of aromatic nitrogens is 2. The number of nitro groups is 1. The molecule has 0 bridgehead atoms. The van der Waals surface area contributed by atoms with Crippen molar-refractivity contribution in [3.05, 3.63) is 38.7 Å². The molecule has 0 aliphatic heterocycles. The largest absolute Gasteiger partial charge is 0.369 e. The van der Waals surface area contributed by atoms with Crippen molar-refractivity contribution in [1.82, 2.24) is 10.2 Å². The van der Waals surface area contributed by atoms with Gasteiger partial charge in [0.25, 0.3) is 0 Å². The minimum atomic E-state index is -0.490. The summed E-state index contributed by atoms with van der Waals surface area (Å²) in [5.41, 5.74) is 0.408. The summed E-state index contributed by atoms with van der Waals surface area (Å²) in [5, 5.41) is 21.7. The van der Waals surface area contributed by atoms with Crippen molar-refractivity contribution >= 4 is 22.8 Å². The lowest BCUT2D eigenvalue weighted by Crippen LogP contribution is -2.05. The number of thiophene rings is 1. The van der Waals surface area contributed by atoms with Crippen molar-refractivity contribution < 1.29 is 4.92 Å². The topological polar surface area (TPSA) is 83.8 Å². The first-order valence-corrected chi connectivity index (χ1v) is 5.54. The van der Waals surface area contributed by atoms with Crippen LogP contribution in [-0.2, 0) is 0 Å². The van der Waals surface area contributed by atoms with Gasteiger partial charge in [-0.15, -0.1) is 16.4 Å². The second-order valence-electron chi connectivity index (χ2n) is 3.27. The molecule has 2 N–H and O–H groups in total. The zero-order chi connectivity index (χ0) is 11.5. The molecule has 2 heterocycles. The highest BCUT2D eigenvalue weighted by Crippen LogP contribution is 2.27. The van der Waals surface area contributed by atoms with E-state index in [1.807, 2.05) is 24.4 Å². The van der Waals surface area contributed by atoms with Crippen LogP contribution in [-0.4, -0.2) is 15.1 Å². The number of hydrogen-bond donors (Lipinski definition) is 2. The highest BCUT2D eigenvalue weighted by molar-refractivity contribution is 7.10. The second-order valence-corrected chi connectivity index (χ2v) is 4.25. The fourth-order valence-corrected chi connectivity index (χ4v) is 2.10. The van der Waals surface area contributed by atoms with E-state index in [0.29, 0.717) is 5.69 Å². The molecule has 2 rings (SSSR count). The quantitative estimate of drug-likeness (QED) is 0.633. The number of nitrogens with zero attached hydrogens (tertiary/aromatic N) is 2. The third-order valence-electron chi connectivity index (χ3n) is 2.14. The lowest BCUT2D eigenvalue weighted by molar-refractivity contribution is -0.388. The molecule has 0 aliphatic rings. The van der Waals surface area contributed by atoms with Gasteiger partial charge in [-0.2, -0.15) is 0 Å². The third kappa shape index (κ3) is 2.03. The van der Waals surface area contributed by atoms with Gasteiger partial charge < -0.3 is 15.4 Å². The van der Waals surface area contributed by atoms with Crippen molar-refractivity contribution in [2.75, 3.05) is 5.32 Å². The van der Waals surface area contributed by atoms with Crippen molar-refractivity contribution in [2.24, 2.45) is 0 Å². The van der Waals surface area contributed by atoms with Crippen LogP contribution in [0, 0.1) is 10.1 Å². The third-order valence-corrected chi connectivity index (χ3v) is 3.20. The summed E-state index contributed by atoms with van der Waals surface area (Å²) >= 11 is 1.60. The van der Waals surface area contributed by atoms with Crippen LogP contribution in [0.3, 0.4) is 0 Å². The Morgan fingerprint density at radius 1 is 1.69 bits per heavy atom. The number of hydrogen-bond acceptors (Lipinski definition) is 5. The predicted octanol–water partition coefficient (Wildman–Crippen LogP) is 2.55. The van der Waals surface area contributed by atoms with E-state index in [9.17, 15) is 10.1 Å². The van der Waals surface area contributed by atoms with Crippen LogP contribution < -0.4 is 5.32 Å². The number of rotatable bonds is 4. The summed E-state index contributed by atoms with van der Waals surface area (Å²) in [6.07, 6.45) is 1.42. The number of aromatic amines is 1. The number of H-pyrrole nitrogens is 1. The second kappa shape index (κ2) is 4.31. The van der Waals surface area contributed by atoms with Crippen molar-refractivity contribution in [3.8, 4) is 0 Å². The number of anilines is 1. The first-order valence-electron chi connectivity index (χ1n) is 4.66. The Labute approximate surface area is 95.5 Å². The molecule has 0 fully saturated rings. The highest BCUT2D eigenvalue weighted by atomic mass is 32.1. The normalized spacial score (nSPS) is 12.3. The molecule has 0 aliphatic carbocycles. The molecule has 0 saturated heterocycles. The molecule has 0 amide bonds. The van der Waals surface area contributed by atoms with Gasteiger partial charge in [0.1, 0.15) is 6.20 Å². The van der Waals surface area contributed by atoms with Gasteiger partial charge in [0.15, 0.2) is 5.69 Å². The Bertz CT molecular complexity index is 479. The first-order chi connectivity index (χ1) is 7.68. The molecule has 0 aromatic carbocycles. The first kappa shape index (κ1) is 10.6. The molecule has 16 heavy (non-hydrogen) atoms. The molecule has 1 atom stereocenters. The predicted molar refractivity (Wildman–Crippen MR) is 61.6 cm³/mol. The van der Waals surface area contributed by atoms with Crippen LogP contribution in [0.1, 0.15) is 17.8 Å². The summed E-state index contributed by atoms with van der Waals surface area (Å²) in [7, 11) is 0. The molecule has 0 saturated carbocycles. The van der Waals surface area contributed by atoms with E-state index in [1.165, 1.54) is 6.20 Å². The SMILES string of the molecule is CC(Nc1cn[nH]c1[N+](=O)[O-])c1cccs1. The van der Waals surface area contributed by atoms with Gasteiger partial charge in [-0.25, -0.2) is 0 Å². The number of nitrogens with one attached hydrogen (secondary N) is 2. The fraction of sp³-hybridized carbons (Fsp3) is 0.222. The van der Waals surface area contributed by atoms with Crippen LogP contribution in [0.25, 0.3) is 0 Å². The van der Waals surface area contributed by atoms with Gasteiger partial charge in [-0.05, 0) is 23.3 Å². The van der Waals surface area contributed by atoms with Crippen LogP contribution in [0.4, 0.5) is 11.5 Å². The maximum Gasteiger partial charge on any atom is 0.366 e. The molecule has 6 nitrogen and oxygen atoms in total. The van der Waals surface area contributed by atoms with E-state index in [-0.39, 0.29) is 11.9 Å². The lowest BCUT2D eigenvalue weighted by atomic mass is 10.2. The summed E-state index contributed by atoms with van der Waals surface area (Å²) in [6.45, 7) is 1.95. The molecule has 0 spiro atoms. The van der Waals surface area contributed by atoms with E-state index < -0.39 is 4.92 Å². The molecule has 1 unspecified atom stereocenters. The zero-order valence-electron chi connectivity index (χ0n) is 8.51. The van der Waals surface area contributed by atoms with Crippen LogP contribution >= 0.6 is 11.3 Å². The standard InChI is InChI=1S/C9H10N4O2S/c1-6(8-3-2-4-16-8)11-7-5-10-12-9(7)13(14)15/h2-6,11H,1H3,(H,10,12). The molecular formula is C9H10N4O2S. The minimum absolute atomic E-state index is 0.0244. The average Bonchev–Trinajstić information content (AvgIpc) is 2.86. The van der Waals surface area contributed by atoms with E-state index in [4.69, 9.17) is 0 Å². The summed E-state index contributed by atoms with van der Waals surface area (Å²) in [6, 6.07) is 3.95. The molecule has 84 valence electrons. The average molecular weight is 238 g/mol. The maximum atomic E-state index is 10.6. The van der Waals surface area contributed by atoms with E-state index in [2.05, 4.69) is 15.5 Å². The summed E-state index contributed by atoms with van der Waals surface area (Å²) in [5.74, 6) is -0.108. The Morgan fingerprint density at radius 2 is 2.50 bits per heavy atom. The van der Waals surface area contributed by atoms with Crippen molar-refractivity contribution in [3.63, 3.8) is 0 Å². The summed E-state index contributed by atoms with van der Waals surface area (Å²) in [4.78, 5) is 11.3. The smallest absolute Gasteiger partial charge is 0.366 e. The van der Waals surface area contributed by atoms with Gasteiger partial charge in [0, 0.05) is 4.88 Å². The maximum absolute atomic E-state index is 10.6. The molecule has 7 heteroatoms. The Balaban J connectivity index is 2.15. The van der Waals surface area contributed by atoms with Crippen LogP contribution in [0.2, 0.25) is 0 Å². The van der Waals surface area contributed by atoms with E-state index in [0.717, 1.165) is 4.88 Å². The zero-order valence-corrected chi connectivity index (χ0v) is 9.32. The van der Waals surface area contributed by atoms with Gasteiger partial charge in [0.05, 0.1) is 6.04 Å². The van der Waals surface area contributed by atoms with Gasteiger partial charge in [0.2, 0.25) is 0 Å². The highest BCUT2D eigenvalue weighted by Gasteiger charge is 2.17. The minimum Gasteiger partial charge on any atom is -0.369 e. The van der Waals surface area contributed by atoms with E-state index in [1.54, 1.807) is 11.3 Å². The fourth-order valence-electron chi connectivity index (χ4n) is 1.37. The van der Waals surface area contributed by atoms with Crippen LogP contribution in [0.5, 0.6) is 0 Å². The van der Waals surface area contributed by atoms with Crippen LogP contribution in [0.15, 0.2) is 23.7 Å². The Morgan fingerprint density at radius 3 is 3.12 bits per heavy atom. The van der Waals surface area contributed by atoms with E-state index >= 15 is 0 Å². The molecular weight excluding hydrogens is 228 g/mol. The Kier molecular flexibility index (Phi) is 2.86. The Hall–Kier alpha value is -1.89. The summed E-state index contributed by atoms with van der Waals surface area (Å²) < 4.78 is 0. The van der Waals surface area contributed by atoms with Gasteiger partial charge in [-0.1, -0.05) is 11.2 Å².